The van der Waals surface area contributed by atoms with E-state index in [0.29, 0.717) is 31.0 Å². The number of nitrogens with zero attached hydrogens (tertiary/aromatic N) is 3. The highest BCUT2D eigenvalue weighted by Gasteiger charge is 2.12. The van der Waals surface area contributed by atoms with Crippen molar-refractivity contribution in [3.05, 3.63) is 42.5 Å². The molecule has 0 atom stereocenters. The summed E-state index contributed by atoms with van der Waals surface area (Å²) < 4.78 is 7.42. The summed E-state index contributed by atoms with van der Waals surface area (Å²) in [5, 5.41) is 0. The van der Waals surface area contributed by atoms with Gasteiger partial charge in [0, 0.05) is 26.5 Å². The molecule has 1 aromatic heterocycles. The van der Waals surface area contributed by atoms with Gasteiger partial charge >= 0.3 is 0 Å². The summed E-state index contributed by atoms with van der Waals surface area (Å²) in [6.07, 6.45) is 3.87. The summed E-state index contributed by atoms with van der Waals surface area (Å²) in [4.78, 5) is 17.9. The van der Waals surface area contributed by atoms with Crippen LogP contribution >= 0.6 is 0 Å². The predicted molar refractivity (Wildman–Crippen MR) is 80.6 cm³/mol. The smallest absolute Gasteiger partial charge is 0.226 e. The van der Waals surface area contributed by atoms with Crippen molar-refractivity contribution in [1.29, 1.82) is 0 Å². The number of para-hydroxylation sites is 2. The van der Waals surface area contributed by atoms with Crippen LogP contribution in [-0.2, 0) is 18.4 Å². The third kappa shape index (κ3) is 3.98. The van der Waals surface area contributed by atoms with Crippen molar-refractivity contribution >= 4 is 11.6 Å². The fraction of sp³-hybridized carbons (Fsp3) is 0.333. The molecule has 0 aliphatic heterocycles. The first-order valence-corrected chi connectivity index (χ1v) is 6.75. The van der Waals surface area contributed by atoms with Crippen molar-refractivity contribution in [2.24, 2.45) is 7.05 Å². The van der Waals surface area contributed by atoms with Crippen LogP contribution < -0.4 is 10.5 Å². The zero-order chi connectivity index (χ0) is 15.2. The summed E-state index contributed by atoms with van der Waals surface area (Å²) in [6.45, 7) is 0.785. The number of imidazole rings is 1. The van der Waals surface area contributed by atoms with Gasteiger partial charge in [0.05, 0.1) is 25.3 Å². The average molecular weight is 288 g/mol. The van der Waals surface area contributed by atoms with Crippen LogP contribution in [0.4, 0.5) is 5.69 Å². The van der Waals surface area contributed by atoms with Crippen LogP contribution in [0.5, 0.6) is 5.75 Å². The van der Waals surface area contributed by atoms with Crippen LogP contribution in [-0.4, -0.2) is 34.0 Å². The van der Waals surface area contributed by atoms with Crippen LogP contribution in [0.1, 0.15) is 12.2 Å². The van der Waals surface area contributed by atoms with Gasteiger partial charge in [-0.25, -0.2) is 4.98 Å². The van der Waals surface area contributed by atoms with Crippen molar-refractivity contribution in [3.8, 4) is 5.75 Å². The maximum absolute atomic E-state index is 12.0. The summed E-state index contributed by atoms with van der Waals surface area (Å²) in [5.74, 6) is 1.46. The molecule has 6 heteroatoms. The normalized spacial score (nSPS) is 10.4. The minimum absolute atomic E-state index is 0.00695. The Kier molecular flexibility index (Phi) is 4.81. The van der Waals surface area contributed by atoms with Crippen LogP contribution in [0.25, 0.3) is 0 Å². The fourth-order valence-corrected chi connectivity index (χ4v) is 1.90. The number of benzene rings is 1. The van der Waals surface area contributed by atoms with E-state index in [9.17, 15) is 4.79 Å². The second-order valence-corrected chi connectivity index (χ2v) is 4.84. The molecule has 0 bridgehead atoms. The first-order valence-electron chi connectivity index (χ1n) is 6.75. The Hall–Kier alpha value is -2.50. The van der Waals surface area contributed by atoms with Gasteiger partial charge in [0.25, 0.3) is 0 Å². The molecule has 112 valence electrons. The van der Waals surface area contributed by atoms with Gasteiger partial charge in [0.2, 0.25) is 5.91 Å². The molecule has 0 aliphatic rings. The van der Waals surface area contributed by atoms with Gasteiger partial charge in [-0.05, 0) is 12.1 Å². The second kappa shape index (κ2) is 6.78. The van der Waals surface area contributed by atoms with Crippen LogP contribution in [0.15, 0.2) is 36.7 Å². The molecule has 1 heterocycles. The molecule has 0 saturated carbocycles. The molecule has 0 saturated heterocycles. The Balaban J connectivity index is 1.79. The summed E-state index contributed by atoms with van der Waals surface area (Å²) in [6, 6.07) is 7.25. The number of rotatable bonds is 6. The van der Waals surface area contributed by atoms with Crippen molar-refractivity contribution < 1.29 is 9.53 Å². The van der Waals surface area contributed by atoms with Crippen molar-refractivity contribution in [3.63, 3.8) is 0 Å². The molecule has 0 radical (unpaired) electrons. The van der Waals surface area contributed by atoms with Crippen molar-refractivity contribution in [2.75, 3.05) is 19.4 Å². The molecular weight excluding hydrogens is 268 g/mol. The van der Waals surface area contributed by atoms with Crippen LogP contribution in [0.2, 0.25) is 0 Å². The number of nitrogen functional groups attached to an aromatic ring is 1. The zero-order valence-corrected chi connectivity index (χ0v) is 12.3. The lowest BCUT2D eigenvalue weighted by Gasteiger charge is -2.17. The van der Waals surface area contributed by atoms with E-state index in [2.05, 4.69) is 4.98 Å². The Bertz CT molecular complexity index is 609. The van der Waals surface area contributed by atoms with Gasteiger partial charge in [-0.1, -0.05) is 12.1 Å². The van der Waals surface area contributed by atoms with E-state index in [0.717, 1.165) is 5.82 Å². The highest BCUT2D eigenvalue weighted by molar-refractivity contribution is 5.75. The molecule has 2 aromatic rings. The number of amides is 1. The van der Waals surface area contributed by atoms with Crippen LogP contribution in [0.3, 0.4) is 0 Å². The first-order chi connectivity index (χ1) is 10.1. The maximum atomic E-state index is 12.0. The highest BCUT2D eigenvalue weighted by atomic mass is 16.5. The molecule has 0 aliphatic carbocycles. The first kappa shape index (κ1) is 14.9. The molecular formula is C15H20N4O2. The summed E-state index contributed by atoms with van der Waals surface area (Å²) in [7, 11) is 3.66. The van der Waals surface area contributed by atoms with Crippen molar-refractivity contribution in [2.45, 2.75) is 13.0 Å². The van der Waals surface area contributed by atoms with Crippen molar-refractivity contribution in [1.82, 2.24) is 14.5 Å². The van der Waals surface area contributed by atoms with E-state index in [1.54, 1.807) is 30.3 Å². The quantitative estimate of drug-likeness (QED) is 0.816. The van der Waals surface area contributed by atoms with E-state index in [1.165, 1.54) is 0 Å². The van der Waals surface area contributed by atoms with Crippen LogP contribution in [0, 0.1) is 0 Å². The molecule has 1 aromatic carbocycles. The molecule has 1 amide bonds. The number of aromatic nitrogens is 2. The third-order valence-electron chi connectivity index (χ3n) is 3.22. The Morgan fingerprint density at radius 2 is 2.19 bits per heavy atom. The number of hydrogen-bond acceptors (Lipinski definition) is 4. The summed E-state index contributed by atoms with van der Waals surface area (Å²) in [5.41, 5.74) is 6.35. The number of carbonyl (C=O) groups is 1. The van der Waals surface area contributed by atoms with Gasteiger partial charge in [-0.2, -0.15) is 0 Å². The number of carbonyl (C=O) groups excluding carboxylic acids is 1. The van der Waals surface area contributed by atoms with Gasteiger partial charge in [-0.3, -0.25) is 4.79 Å². The maximum Gasteiger partial charge on any atom is 0.226 e. The van der Waals surface area contributed by atoms with Gasteiger partial charge in [0.15, 0.2) is 0 Å². The minimum Gasteiger partial charge on any atom is -0.491 e. The lowest BCUT2D eigenvalue weighted by Crippen LogP contribution is -2.28. The Morgan fingerprint density at radius 3 is 2.86 bits per heavy atom. The lowest BCUT2D eigenvalue weighted by atomic mass is 10.3. The SMILES string of the molecule is CN(Cc1nccn1C)C(=O)CCOc1ccccc1N. The number of hydrogen-bond donors (Lipinski definition) is 1. The van der Waals surface area contributed by atoms with E-state index in [4.69, 9.17) is 10.5 Å². The Morgan fingerprint density at radius 1 is 1.43 bits per heavy atom. The van der Waals surface area contributed by atoms with E-state index >= 15 is 0 Å². The van der Waals surface area contributed by atoms with E-state index < -0.39 is 0 Å². The standard InChI is InChI=1S/C15H20N4O2/c1-18-9-8-17-14(18)11-19(2)15(20)7-10-21-13-6-4-3-5-12(13)16/h3-6,8-9H,7,10-11,16H2,1-2H3. The van der Waals surface area contributed by atoms with E-state index in [-0.39, 0.29) is 5.91 Å². The number of anilines is 1. The van der Waals surface area contributed by atoms with Gasteiger partial charge < -0.3 is 19.9 Å². The Labute approximate surface area is 124 Å². The lowest BCUT2D eigenvalue weighted by molar-refractivity contribution is -0.131. The van der Waals surface area contributed by atoms with E-state index in [1.807, 2.05) is 29.9 Å². The molecule has 6 nitrogen and oxygen atoms in total. The summed E-state index contributed by atoms with van der Waals surface area (Å²) >= 11 is 0. The monoisotopic (exact) mass is 288 g/mol. The zero-order valence-electron chi connectivity index (χ0n) is 12.3. The second-order valence-electron chi connectivity index (χ2n) is 4.84. The van der Waals surface area contributed by atoms with Gasteiger partial charge in [-0.15, -0.1) is 0 Å². The number of ether oxygens (including phenoxy) is 1. The molecule has 0 unspecified atom stereocenters. The fourth-order valence-electron chi connectivity index (χ4n) is 1.90. The molecule has 0 fully saturated rings. The molecule has 21 heavy (non-hydrogen) atoms. The number of nitrogens with two attached hydrogens (primary N) is 1. The minimum atomic E-state index is 0.00695. The largest absolute Gasteiger partial charge is 0.491 e. The molecule has 2 N–H and O–H groups in total. The highest BCUT2D eigenvalue weighted by Crippen LogP contribution is 2.19. The van der Waals surface area contributed by atoms with Gasteiger partial charge in [0.1, 0.15) is 11.6 Å². The third-order valence-corrected chi connectivity index (χ3v) is 3.22. The predicted octanol–water partition coefficient (Wildman–Crippen LogP) is 1.43. The molecule has 2 rings (SSSR count). The average Bonchev–Trinajstić information content (AvgIpc) is 2.86. The molecule has 0 spiro atoms. The number of aryl methyl sites for hydroxylation is 1. The topological polar surface area (TPSA) is 73.4 Å².